The largest absolute Gasteiger partial charge is 0.349 e. The first-order valence-corrected chi connectivity index (χ1v) is 12.0. The Labute approximate surface area is 184 Å². The number of hydrogen-bond acceptors (Lipinski definition) is 5. The number of nitrogens with one attached hydrogen (secondary N) is 1. The molecule has 156 valence electrons. The first-order chi connectivity index (χ1) is 14.6. The number of hydrogen-bond donors (Lipinski definition) is 1. The van der Waals surface area contributed by atoms with Crippen molar-refractivity contribution in [3.05, 3.63) is 69.3 Å². The lowest BCUT2D eigenvalue weighted by molar-refractivity contribution is -0.119. The van der Waals surface area contributed by atoms with E-state index < -0.39 is 0 Å². The van der Waals surface area contributed by atoms with Crippen molar-refractivity contribution in [3.63, 3.8) is 0 Å². The van der Waals surface area contributed by atoms with Crippen molar-refractivity contribution >= 4 is 39.2 Å². The van der Waals surface area contributed by atoms with Gasteiger partial charge in [0, 0.05) is 11.4 Å². The van der Waals surface area contributed by atoms with Crippen LogP contribution in [0.5, 0.6) is 0 Å². The maximum absolute atomic E-state index is 12.9. The van der Waals surface area contributed by atoms with Crippen LogP contribution in [0.3, 0.4) is 0 Å². The molecule has 5 nitrogen and oxygen atoms in total. The average Bonchev–Trinajstić information content (AvgIpc) is 3.18. The Morgan fingerprint density at radius 1 is 1.43 bits per heavy atom. The van der Waals surface area contributed by atoms with Gasteiger partial charge in [0.05, 0.1) is 17.2 Å². The van der Waals surface area contributed by atoms with Crippen LogP contribution in [0.15, 0.2) is 52.9 Å². The van der Waals surface area contributed by atoms with Gasteiger partial charge in [0.15, 0.2) is 5.16 Å². The Bertz CT molecular complexity index is 1150. The van der Waals surface area contributed by atoms with E-state index in [0.29, 0.717) is 17.1 Å². The Morgan fingerprint density at radius 3 is 3.07 bits per heavy atom. The zero-order chi connectivity index (χ0) is 21.1. The lowest BCUT2D eigenvalue weighted by Crippen LogP contribution is -2.32. The number of thioether (sulfide) groups is 1. The standard InChI is InChI=1S/C23H25N3O2S2/c1-3-12-26-22(28)18-13-16(4-2)30-21(18)25-23(26)29-14-20(27)24-19-11-7-9-15-8-5-6-10-17(15)19/h3,5-6,8,10,13,19H,1,4,7,9,11-12,14H2,2H3,(H,24,27). The van der Waals surface area contributed by atoms with Crippen LogP contribution in [0.25, 0.3) is 10.2 Å². The summed E-state index contributed by atoms with van der Waals surface area (Å²) >= 11 is 2.85. The molecule has 0 aliphatic heterocycles. The molecule has 2 heterocycles. The van der Waals surface area contributed by atoms with Crippen LogP contribution in [0.1, 0.15) is 41.8 Å². The van der Waals surface area contributed by atoms with Gasteiger partial charge < -0.3 is 5.32 Å². The molecule has 7 heteroatoms. The van der Waals surface area contributed by atoms with E-state index in [-0.39, 0.29) is 23.3 Å². The van der Waals surface area contributed by atoms with E-state index in [1.807, 2.05) is 18.2 Å². The molecule has 1 aliphatic rings. The number of fused-ring (bicyclic) bond motifs is 2. The molecule has 1 atom stereocenters. The third-order valence-corrected chi connectivity index (χ3v) is 7.51. The van der Waals surface area contributed by atoms with Crippen LogP contribution in [-0.4, -0.2) is 21.2 Å². The van der Waals surface area contributed by atoms with Crippen molar-refractivity contribution < 1.29 is 4.79 Å². The highest BCUT2D eigenvalue weighted by Gasteiger charge is 2.22. The molecule has 0 saturated heterocycles. The summed E-state index contributed by atoms with van der Waals surface area (Å²) in [6, 6.07) is 10.3. The summed E-state index contributed by atoms with van der Waals surface area (Å²) in [6.45, 7) is 6.20. The second kappa shape index (κ2) is 9.18. The number of nitrogens with zero attached hydrogens (tertiary/aromatic N) is 2. The molecular weight excluding hydrogens is 414 g/mol. The summed E-state index contributed by atoms with van der Waals surface area (Å²) in [5.41, 5.74) is 2.47. The monoisotopic (exact) mass is 439 g/mol. The van der Waals surface area contributed by atoms with Crippen molar-refractivity contribution in [2.24, 2.45) is 0 Å². The molecule has 2 aromatic heterocycles. The van der Waals surface area contributed by atoms with Gasteiger partial charge in [-0.25, -0.2) is 4.98 Å². The number of rotatable bonds is 7. The first kappa shape index (κ1) is 20.9. The molecule has 3 aromatic rings. The fourth-order valence-electron chi connectivity index (χ4n) is 3.89. The third-order valence-electron chi connectivity index (χ3n) is 5.36. The summed E-state index contributed by atoms with van der Waals surface area (Å²) < 4.78 is 1.61. The van der Waals surface area contributed by atoms with Crippen LogP contribution < -0.4 is 10.9 Å². The summed E-state index contributed by atoms with van der Waals surface area (Å²) in [7, 11) is 0. The van der Waals surface area contributed by atoms with Crippen LogP contribution in [0.4, 0.5) is 0 Å². The summed E-state index contributed by atoms with van der Waals surface area (Å²) in [5.74, 6) is 0.182. The molecule has 1 aromatic carbocycles. The van der Waals surface area contributed by atoms with Crippen LogP contribution >= 0.6 is 23.1 Å². The summed E-state index contributed by atoms with van der Waals surface area (Å²) in [5, 5.41) is 4.38. The van der Waals surface area contributed by atoms with E-state index >= 15 is 0 Å². The second-order valence-corrected chi connectivity index (χ2v) is 9.44. The lowest BCUT2D eigenvalue weighted by Gasteiger charge is -2.26. The van der Waals surface area contributed by atoms with Crippen molar-refractivity contribution in [1.82, 2.24) is 14.9 Å². The number of aryl methyl sites for hydroxylation is 2. The molecule has 0 saturated carbocycles. The Balaban J connectivity index is 1.52. The molecule has 0 spiro atoms. The van der Waals surface area contributed by atoms with E-state index in [1.54, 1.807) is 22.0 Å². The molecule has 1 amide bonds. The van der Waals surface area contributed by atoms with Crippen molar-refractivity contribution in [1.29, 1.82) is 0 Å². The molecule has 0 fully saturated rings. The number of thiophene rings is 1. The topological polar surface area (TPSA) is 64.0 Å². The molecule has 1 aliphatic carbocycles. The molecule has 0 bridgehead atoms. The van der Waals surface area contributed by atoms with E-state index in [0.717, 1.165) is 35.4 Å². The number of benzene rings is 1. The maximum Gasteiger partial charge on any atom is 0.263 e. The maximum atomic E-state index is 12.9. The van der Waals surface area contributed by atoms with E-state index in [2.05, 4.69) is 31.0 Å². The first-order valence-electron chi connectivity index (χ1n) is 10.2. The lowest BCUT2D eigenvalue weighted by atomic mass is 9.88. The fourth-order valence-corrected chi connectivity index (χ4v) is 5.72. The summed E-state index contributed by atoms with van der Waals surface area (Å²) in [6.07, 6.45) is 5.65. The highest BCUT2D eigenvalue weighted by molar-refractivity contribution is 7.99. The van der Waals surface area contributed by atoms with Gasteiger partial charge in [-0.15, -0.1) is 17.9 Å². The Kier molecular flexibility index (Phi) is 6.39. The number of amides is 1. The van der Waals surface area contributed by atoms with Gasteiger partial charge in [-0.05, 0) is 42.9 Å². The highest BCUT2D eigenvalue weighted by Crippen LogP contribution is 2.30. The molecule has 30 heavy (non-hydrogen) atoms. The van der Waals surface area contributed by atoms with E-state index in [4.69, 9.17) is 4.98 Å². The fraction of sp³-hybridized carbons (Fsp3) is 0.348. The van der Waals surface area contributed by atoms with Gasteiger partial charge in [0.2, 0.25) is 5.91 Å². The van der Waals surface area contributed by atoms with Gasteiger partial charge in [-0.3, -0.25) is 14.2 Å². The predicted octanol–water partition coefficient (Wildman–Crippen LogP) is 4.49. The van der Waals surface area contributed by atoms with E-state index in [1.165, 1.54) is 22.9 Å². The van der Waals surface area contributed by atoms with Gasteiger partial charge in [-0.1, -0.05) is 49.0 Å². The molecule has 1 N–H and O–H groups in total. The van der Waals surface area contributed by atoms with Gasteiger partial charge in [0.25, 0.3) is 5.56 Å². The highest BCUT2D eigenvalue weighted by atomic mass is 32.2. The van der Waals surface area contributed by atoms with Crippen molar-refractivity contribution in [2.45, 2.75) is 50.4 Å². The van der Waals surface area contributed by atoms with Crippen LogP contribution in [0.2, 0.25) is 0 Å². The molecule has 0 radical (unpaired) electrons. The predicted molar refractivity (Wildman–Crippen MR) is 124 cm³/mol. The van der Waals surface area contributed by atoms with Gasteiger partial charge in [-0.2, -0.15) is 0 Å². The molecular formula is C23H25N3O2S2. The van der Waals surface area contributed by atoms with Crippen molar-refractivity contribution in [2.75, 3.05) is 5.75 Å². The third kappa shape index (κ3) is 4.23. The summed E-state index contributed by atoms with van der Waals surface area (Å²) in [4.78, 5) is 32.2. The van der Waals surface area contributed by atoms with E-state index in [9.17, 15) is 9.59 Å². The van der Waals surface area contributed by atoms with Crippen LogP contribution in [0, 0.1) is 0 Å². The van der Waals surface area contributed by atoms with Crippen molar-refractivity contribution in [3.8, 4) is 0 Å². The molecule has 1 unspecified atom stereocenters. The Hall–Kier alpha value is -2.38. The van der Waals surface area contributed by atoms with Crippen LogP contribution in [-0.2, 0) is 24.2 Å². The smallest absolute Gasteiger partial charge is 0.263 e. The quantitative estimate of drug-likeness (QED) is 0.335. The minimum atomic E-state index is -0.0695. The average molecular weight is 440 g/mol. The van der Waals surface area contributed by atoms with Gasteiger partial charge in [0.1, 0.15) is 4.83 Å². The Morgan fingerprint density at radius 2 is 2.27 bits per heavy atom. The number of carbonyl (C=O) groups is 1. The number of carbonyl (C=O) groups excluding carboxylic acids is 1. The SMILES string of the molecule is C=CCn1c(SCC(=O)NC2CCCc3ccccc32)nc2sc(CC)cc2c1=O. The normalized spacial score (nSPS) is 15.7. The zero-order valence-electron chi connectivity index (χ0n) is 17.0. The second-order valence-electron chi connectivity index (χ2n) is 7.38. The number of allylic oxidation sites excluding steroid dienone is 1. The zero-order valence-corrected chi connectivity index (χ0v) is 18.7. The number of aromatic nitrogens is 2. The van der Waals surface area contributed by atoms with Gasteiger partial charge >= 0.3 is 0 Å². The minimum Gasteiger partial charge on any atom is -0.349 e. The molecule has 4 rings (SSSR count). The minimum absolute atomic E-state index is 0.0402.